The Kier molecular flexibility index (Phi) is 3.46. The van der Waals surface area contributed by atoms with Crippen LogP contribution in [0, 0.1) is 10.1 Å². The number of hydrogen-bond acceptors (Lipinski definition) is 5. The van der Waals surface area contributed by atoms with Gasteiger partial charge in [0.2, 0.25) is 5.82 Å². The largest absolute Gasteiger partial charge is 0.348 e. The molecule has 7 nitrogen and oxygen atoms in total. The maximum absolute atomic E-state index is 13.8. The number of alkyl halides is 1. The van der Waals surface area contributed by atoms with E-state index in [-0.39, 0.29) is 12.2 Å². The summed E-state index contributed by atoms with van der Waals surface area (Å²) in [6.07, 6.45) is 1.31. The number of hydrogen-bond donors (Lipinski definition) is 1. The molecular formula is C10H16FN5O2. The molecule has 1 aliphatic rings. The number of nitrogens with two attached hydrogens (primary N) is 1. The quantitative estimate of drug-likeness (QED) is 0.618. The molecule has 2 atom stereocenters. The van der Waals surface area contributed by atoms with Crippen molar-refractivity contribution >= 4 is 11.5 Å². The van der Waals surface area contributed by atoms with Gasteiger partial charge in [-0.3, -0.25) is 10.1 Å². The number of anilines is 1. The lowest BCUT2D eigenvalue weighted by Crippen LogP contribution is -2.38. The Morgan fingerprint density at radius 3 is 3.06 bits per heavy atom. The van der Waals surface area contributed by atoms with Gasteiger partial charge >= 0.3 is 5.69 Å². The molecule has 8 heteroatoms. The average molecular weight is 257 g/mol. The van der Waals surface area contributed by atoms with Gasteiger partial charge < -0.3 is 10.6 Å². The van der Waals surface area contributed by atoms with Crippen LogP contribution in [-0.4, -0.2) is 40.0 Å². The Bertz CT molecular complexity index is 449. The van der Waals surface area contributed by atoms with Crippen LogP contribution in [0.15, 0.2) is 6.20 Å². The van der Waals surface area contributed by atoms with Crippen LogP contribution in [0.4, 0.5) is 15.9 Å². The first-order chi connectivity index (χ1) is 8.50. The molecule has 1 saturated heterocycles. The Balaban J connectivity index is 2.30. The van der Waals surface area contributed by atoms with Crippen LogP contribution in [0.1, 0.15) is 12.8 Å². The summed E-state index contributed by atoms with van der Waals surface area (Å²) in [7, 11) is 1.61. The summed E-state index contributed by atoms with van der Waals surface area (Å²) < 4.78 is 15.2. The second kappa shape index (κ2) is 4.89. The van der Waals surface area contributed by atoms with Crippen LogP contribution < -0.4 is 10.6 Å². The standard InChI is InChI=1S/C10H16FN5O2/c1-14-10(9(5-13-14)16(17)18)15-4-2-3-8(12)7(11)6-15/h5,7-8H,2-4,6,12H2,1H3. The third-order valence-corrected chi connectivity index (χ3v) is 3.21. The van der Waals surface area contributed by atoms with Crippen molar-refractivity contribution in [1.29, 1.82) is 0 Å². The third kappa shape index (κ3) is 2.28. The van der Waals surface area contributed by atoms with E-state index in [0.29, 0.717) is 25.2 Å². The average Bonchev–Trinajstić information content (AvgIpc) is 2.61. The van der Waals surface area contributed by atoms with Gasteiger partial charge in [0.1, 0.15) is 12.4 Å². The fraction of sp³-hybridized carbons (Fsp3) is 0.700. The highest BCUT2D eigenvalue weighted by atomic mass is 19.1. The predicted molar refractivity (Wildman–Crippen MR) is 64.2 cm³/mol. The highest BCUT2D eigenvalue weighted by molar-refractivity contribution is 5.57. The first-order valence-corrected chi connectivity index (χ1v) is 5.81. The zero-order valence-corrected chi connectivity index (χ0v) is 10.1. The van der Waals surface area contributed by atoms with E-state index in [1.54, 1.807) is 11.9 Å². The second-order valence-corrected chi connectivity index (χ2v) is 4.50. The molecule has 0 radical (unpaired) electrons. The molecule has 1 fully saturated rings. The zero-order valence-electron chi connectivity index (χ0n) is 10.1. The van der Waals surface area contributed by atoms with Gasteiger partial charge in [-0.25, -0.2) is 9.07 Å². The lowest BCUT2D eigenvalue weighted by atomic mass is 10.1. The van der Waals surface area contributed by atoms with E-state index in [0.717, 1.165) is 0 Å². The molecule has 1 aromatic rings. The Labute approximate surface area is 104 Å². The number of aromatic nitrogens is 2. The van der Waals surface area contributed by atoms with Crippen LogP contribution in [0.5, 0.6) is 0 Å². The van der Waals surface area contributed by atoms with E-state index in [1.165, 1.54) is 10.9 Å². The van der Waals surface area contributed by atoms with Crippen molar-refractivity contribution in [2.45, 2.75) is 25.1 Å². The number of nitro groups is 1. The van der Waals surface area contributed by atoms with Gasteiger partial charge in [0, 0.05) is 19.6 Å². The Morgan fingerprint density at radius 2 is 2.39 bits per heavy atom. The third-order valence-electron chi connectivity index (χ3n) is 3.21. The van der Waals surface area contributed by atoms with E-state index in [4.69, 9.17) is 5.73 Å². The maximum Gasteiger partial charge on any atom is 0.331 e. The molecule has 0 aromatic carbocycles. The molecule has 1 aliphatic heterocycles. The minimum absolute atomic E-state index is 0.0710. The normalized spacial score (nSPS) is 24.9. The fourth-order valence-corrected chi connectivity index (χ4v) is 2.24. The molecule has 0 amide bonds. The minimum atomic E-state index is -1.18. The van der Waals surface area contributed by atoms with E-state index < -0.39 is 17.1 Å². The summed E-state index contributed by atoms with van der Waals surface area (Å²) >= 11 is 0. The molecule has 2 unspecified atom stereocenters. The Hall–Kier alpha value is -1.70. The number of halogens is 1. The van der Waals surface area contributed by atoms with E-state index in [9.17, 15) is 14.5 Å². The second-order valence-electron chi connectivity index (χ2n) is 4.50. The number of nitrogens with zero attached hydrogens (tertiary/aromatic N) is 4. The van der Waals surface area contributed by atoms with Gasteiger partial charge in [-0.15, -0.1) is 0 Å². The van der Waals surface area contributed by atoms with Gasteiger partial charge in [-0.1, -0.05) is 0 Å². The van der Waals surface area contributed by atoms with Crippen molar-refractivity contribution in [2.24, 2.45) is 12.8 Å². The predicted octanol–water partition coefficient (Wildman–Crippen LogP) is 0.594. The number of rotatable bonds is 2. The van der Waals surface area contributed by atoms with Crippen LogP contribution in [0.2, 0.25) is 0 Å². The molecule has 2 rings (SSSR count). The first kappa shape index (κ1) is 12.7. The molecule has 0 aliphatic carbocycles. The molecule has 0 bridgehead atoms. The molecule has 2 heterocycles. The van der Waals surface area contributed by atoms with Crippen molar-refractivity contribution in [2.75, 3.05) is 18.0 Å². The summed E-state index contributed by atoms with van der Waals surface area (Å²) in [5.74, 6) is 0.344. The van der Waals surface area contributed by atoms with Crippen molar-refractivity contribution in [3.05, 3.63) is 16.3 Å². The SMILES string of the molecule is Cn1ncc([N+](=O)[O-])c1N1CCCC(N)C(F)C1. The fourth-order valence-electron chi connectivity index (χ4n) is 2.24. The topological polar surface area (TPSA) is 90.2 Å². The smallest absolute Gasteiger partial charge is 0.331 e. The van der Waals surface area contributed by atoms with Crippen molar-refractivity contribution in [3.63, 3.8) is 0 Å². The first-order valence-electron chi connectivity index (χ1n) is 5.81. The van der Waals surface area contributed by atoms with Crippen LogP contribution in [0.3, 0.4) is 0 Å². The van der Waals surface area contributed by atoms with E-state index in [2.05, 4.69) is 5.10 Å². The minimum Gasteiger partial charge on any atom is -0.348 e. The van der Waals surface area contributed by atoms with Gasteiger partial charge in [-0.05, 0) is 12.8 Å². The summed E-state index contributed by atoms with van der Waals surface area (Å²) in [5, 5.41) is 14.8. The van der Waals surface area contributed by atoms with Gasteiger partial charge in [0.25, 0.3) is 0 Å². The molecular weight excluding hydrogens is 241 g/mol. The van der Waals surface area contributed by atoms with Crippen LogP contribution in [0.25, 0.3) is 0 Å². The molecule has 0 saturated carbocycles. The maximum atomic E-state index is 13.8. The molecule has 18 heavy (non-hydrogen) atoms. The summed E-state index contributed by atoms with van der Waals surface area (Å²) in [6, 6.07) is -0.498. The van der Waals surface area contributed by atoms with Crippen molar-refractivity contribution in [1.82, 2.24) is 9.78 Å². The molecule has 100 valence electrons. The highest BCUT2D eigenvalue weighted by Crippen LogP contribution is 2.29. The Morgan fingerprint density at radius 1 is 1.67 bits per heavy atom. The monoisotopic (exact) mass is 257 g/mol. The van der Waals surface area contributed by atoms with Gasteiger partial charge in [0.05, 0.1) is 11.5 Å². The molecule has 2 N–H and O–H groups in total. The molecule has 0 spiro atoms. The highest BCUT2D eigenvalue weighted by Gasteiger charge is 2.30. The van der Waals surface area contributed by atoms with Gasteiger partial charge in [-0.2, -0.15) is 5.10 Å². The summed E-state index contributed by atoms with van der Waals surface area (Å²) in [4.78, 5) is 12.1. The van der Waals surface area contributed by atoms with Crippen molar-refractivity contribution in [3.8, 4) is 0 Å². The van der Waals surface area contributed by atoms with Crippen molar-refractivity contribution < 1.29 is 9.31 Å². The summed E-state index contributed by atoms with van der Waals surface area (Å²) in [5.41, 5.74) is 5.57. The molecule has 1 aromatic heterocycles. The number of aryl methyl sites for hydroxylation is 1. The lowest BCUT2D eigenvalue weighted by Gasteiger charge is -2.23. The zero-order chi connectivity index (χ0) is 13.3. The van der Waals surface area contributed by atoms with Crippen LogP contribution in [-0.2, 0) is 7.05 Å². The van der Waals surface area contributed by atoms with E-state index in [1.807, 2.05) is 0 Å². The summed E-state index contributed by atoms with van der Waals surface area (Å²) in [6.45, 7) is 0.621. The van der Waals surface area contributed by atoms with E-state index >= 15 is 0 Å². The lowest BCUT2D eigenvalue weighted by molar-refractivity contribution is -0.384. The van der Waals surface area contributed by atoms with Crippen LogP contribution >= 0.6 is 0 Å². The van der Waals surface area contributed by atoms with Gasteiger partial charge in [0.15, 0.2) is 0 Å².